The van der Waals surface area contributed by atoms with E-state index in [1.165, 1.54) is 4.90 Å². The van der Waals surface area contributed by atoms with Crippen LogP contribution in [0.5, 0.6) is 0 Å². The van der Waals surface area contributed by atoms with Gasteiger partial charge in [0.2, 0.25) is 0 Å². The Labute approximate surface area is 99.9 Å². The van der Waals surface area contributed by atoms with Gasteiger partial charge in [0.05, 0.1) is 0 Å². The van der Waals surface area contributed by atoms with E-state index in [1.807, 2.05) is 0 Å². The smallest absolute Gasteiger partial charge is 0.327 e. The predicted octanol–water partition coefficient (Wildman–Crippen LogP) is -0.559. The van der Waals surface area contributed by atoms with E-state index in [0.29, 0.717) is 32.7 Å². The molecule has 0 saturated carbocycles. The third-order valence-electron chi connectivity index (χ3n) is 3.27. The molecule has 0 aromatic heterocycles. The van der Waals surface area contributed by atoms with Crippen molar-refractivity contribution in [1.82, 2.24) is 10.2 Å². The lowest BCUT2D eigenvalue weighted by molar-refractivity contribution is -0.158. The highest BCUT2D eigenvalue weighted by Crippen LogP contribution is 2.17. The first kappa shape index (κ1) is 12.3. The highest BCUT2D eigenvalue weighted by Gasteiger charge is 2.36. The van der Waals surface area contributed by atoms with Crippen molar-refractivity contribution in [3.8, 4) is 0 Å². The molecular weight excluding hydrogens is 224 g/mol. The fraction of sp³-hybridized carbons (Fsp3) is 0.818. The van der Waals surface area contributed by atoms with E-state index in [4.69, 9.17) is 9.84 Å². The molecule has 0 aromatic carbocycles. The molecule has 0 radical (unpaired) electrons. The standard InChI is InChI=1S/C11H18N2O4/c14-10(9-3-1-2-6-17-9)13-5-4-12-7-8(13)11(15)16/h8-9,12H,1-7H2,(H,15,16). The van der Waals surface area contributed by atoms with E-state index in [2.05, 4.69) is 5.32 Å². The molecule has 2 aliphatic rings. The van der Waals surface area contributed by atoms with Crippen molar-refractivity contribution in [2.75, 3.05) is 26.2 Å². The van der Waals surface area contributed by atoms with Crippen LogP contribution in [0.2, 0.25) is 0 Å². The minimum Gasteiger partial charge on any atom is -0.480 e. The highest BCUT2D eigenvalue weighted by atomic mass is 16.5. The average molecular weight is 242 g/mol. The topological polar surface area (TPSA) is 78.9 Å². The lowest BCUT2D eigenvalue weighted by Crippen LogP contribution is -2.59. The maximum Gasteiger partial charge on any atom is 0.327 e. The number of rotatable bonds is 2. The van der Waals surface area contributed by atoms with Gasteiger partial charge in [-0.05, 0) is 19.3 Å². The first-order chi connectivity index (χ1) is 8.20. The van der Waals surface area contributed by atoms with Crippen LogP contribution in [0.3, 0.4) is 0 Å². The predicted molar refractivity (Wildman–Crippen MR) is 59.6 cm³/mol. The number of carbonyl (C=O) groups is 2. The Morgan fingerprint density at radius 3 is 2.82 bits per heavy atom. The van der Waals surface area contributed by atoms with Crippen LogP contribution >= 0.6 is 0 Å². The Balaban J connectivity index is 2.02. The van der Waals surface area contributed by atoms with Gasteiger partial charge >= 0.3 is 5.97 Å². The van der Waals surface area contributed by atoms with E-state index in [0.717, 1.165) is 12.8 Å². The van der Waals surface area contributed by atoms with Crippen LogP contribution in [0.1, 0.15) is 19.3 Å². The molecule has 2 rings (SSSR count). The maximum atomic E-state index is 12.2. The number of ether oxygens (including phenoxy) is 1. The van der Waals surface area contributed by atoms with Gasteiger partial charge in [0.15, 0.2) is 0 Å². The zero-order valence-corrected chi connectivity index (χ0v) is 9.72. The summed E-state index contributed by atoms with van der Waals surface area (Å²) in [6, 6.07) is -0.762. The summed E-state index contributed by atoms with van der Waals surface area (Å²) in [6.07, 6.45) is 2.21. The first-order valence-electron chi connectivity index (χ1n) is 6.06. The fourth-order valence-corrected chi connectivity index (χ4v) is 2.31. The molecule has 2 heterocycles. The summed E-state index contributed by atoms with van der Waals surface area (Å²) in [5.74, 6) is -1.13. The Morgan fingerprint density at radius 1 is 1.35 bits per heavy atom. The Morgan fingerprint density at radius 2 is 2.18 bits per heavy atom. The van der Waals surface area contributed by atoms with Gasteiger partial charge in [0.1, 0.15) is 12.1 Å². The van der Waals surface area contributed by atoms with Crippen LogP contribution in [0.4, 0.5) is 0 Å². The summed E-state index contributed by atoms with van der Waals surface area (Å²) in [4.78, 5) is 24.7. The van der Waals surface area contributed by atoms with Crippen LogP contribution in [0.25, 0.3) is 0 Å². The van der Waals surface area contributed by atoms with E-state index >= 15 is 0 Å². The monoisotopic (exact) mass is 242 g/mol. The molecular formula is C11H18N2O4. The van der Waals surface area contributed by atoms with Gasteiger partial charge in [0.25, 0.3) is 5.91 Å². The molecule has 2 fully saturated rings. The molecule has 96 valence electrons. The number of amides is 1. The maximum absolute atomic E-state index is 12.2. The number of carboxylic acid groups (broad SMARTS) is 1. The molecule has 6 heteroatoms. The largest absolute Gasteiger partial charge is 0.480 e. The summed E-state index contributed by atoms with van der Waals surface area (Å²) in [5, 5.41) is 12.1. The van der Waals surface area contributed by atoms with Crippen molar-refractivity contribution in [3.63, 3.8) is 0 Å². The van der Waals surface area contributed by atoms with Crippen molar-refractivity contribution in [2.24, 2.45) is 0 Å². The van der Waals surface area contributed by atoms with E-state index in [9.17, 15) is 9.59 Å². The minimum absolute atomic E-state index is 0.168. The number of nitrogens with zero attached hydrogens (tertiary/aromatic N) is 1. The number of aliphatic carboxylic acids is 1. The molecule has 17 heavy (non-hydrogen) atoms. The van der Waals surface area contributed by atoms with Gasteiger partial charge < -0.3 is 20.1 Å². The number of hydrogen-bond acceptors (Lipinski definition) is 4. The Kier molecular flexibility index (Phi) is 3.96. The molecule has 6 nitrogen and oxygen atoms in total. The van der Waals surface area contributed by atoms with Crippen molar-refractivity contribution < 1.29 is 19.4 Å². The quantitative estimate of drug-likeness (QED) is 0.678. The van der Waals surface area contributed by atoms with Gasteiger partial charge in [-0.15, -0.1) is 0 Å². The molecule has 2 atom stereocenters. The van der Waals surface area contributed by atoms with Crippen molar-refractivity contribution in [2.45, 2.75) is 31.4 Å². The average Bonchev–Trinajstić information content (AvgIpc) is 2.39. The van der Waals surface area contributed by atoms with Crippen molar-refractivity contribution >= 4 is 11.9 Å². The minimum atomic E-state index is -0.957. The second kappa shape index (κ2) is 5.46. The SMILES string of the molecule is O=C(O)C1CNCCN1C(=O)C1CCCCO1. The second-order valence-electron chi connectivity index (χ2n) is 4.45. The van der Waals surface area contributed by atoms with E-state index < -0.39 is 18.1 Å². The van der Waals surface area contributed by atoms with E-state index in [-0.39, 0.29) is 5.91 Å². The van der Waals surface area contributed by atoms with Gasteiger partial charge in [0, 0.05) is 26.2 Å². The first-order valence-corrected chi connectivity index (χ1v) is 6.06. The highest BCUT2D eigenvalue weighted by molar-refractivity contribution is 5.86. The van der Waals surface area contributed by atoms with Crippen molar-refractivity contribution in [1.29, 1.82) is 0 Å². The van der Waals surface area contributed by atoms with Gasteiger partial charge in [-0.25, -0.2) is 4.79 Å². The third-order valence-corrected chi connectivity index (χ3v) is 3.27. The Hall–Kier alpha value is -1.14. The molecule has 0 spiro atoms. The summed E-state index contributed by atoms with van der Waals surface area (Å²) < 4.78 is 5.42. The van der Waals surface area contributed by atoms with Crippen LogP contribution in [0.15, 0.2) is 0 Å². The summed E-state index contributed by atoms with van der Waals surface area (Å²) in [5.41, 5.74) is 0. The van der Waals surface area contributed by atoms with E-state index in [1.54, 1.807) is 0 Å². The number of hydrogen-bond donors (Lipinski definition) is 2. The molecule has 0 aliphatic carbocycles. The zero-order valence-electron chi connectivity index (χ0n) is 9.72. The second-order valence-corrected chi connectivity index (χ2v) is 4.45. The molecule has 2 saturated heterocycles. The molecule has 2 aliphatic heterocycles. The van der Waals surface area contributed by atoms with Gasteiger partial charge in [-0.2, -0.15) is 0 Å². The molecule has 0 bridgehead atoms. The summed E-state index contributed by atoms with van der Waals surface area (Å²) in [6.45, 7) is 1.99. The van der Waals surface area contributed by atoms with Crippen LogP contribution < -0.4 is 5.32 Å². The number of piperazine rings is 1. The summed E-state index contributed by atoms with van der Waals surface area (Å²) in [7, 11) is 0. The normalized spacial score (nSPS) is 30.0. The Bertz CT molecular complexity index is 302. The van der Waals surface area contributed by atoms with Crippen molar-refractivity contribution in [3.05, 3.63) is 0 Å². The van der Waals surface area contributed by atoms with Gasteiger partial charge in [-0.3, -0.25) is 4.79 Å². The molecule has 1 amide bonds. The number of carbonyl (C=O) groups excluding carboxylic acids is 1. The van der Waals surface area contributed by atoms with Crippen LogP contribution in [0, 0.1) is 0 Å². The van der Waals surface area contributed by atoms with Crippen LogP contribution in [-0.4, -0.2) is 60.3 Å². The third kappa shape index (κ3) is 2.76. The lowest BCUT2D eigenvalue weighted by Gasteiger charge is -2.36. The molecule has 0 aromatic rings. The summed E-state index contributed by atoms with van der Waals surface area (Å²) >= 11 is 0. The number of carboxylic acids is 1. The molecule has 2 N–H and O–H groups in total. The number of nitrogens with one attached hydrogen (secondary N) is 1. The zero-order chi connectivity index (χ0) is 12.3. The molecule has 2 unspecified atom stereocenters. The fourth-order valence-electron chi connectivity index (χ4n) is 2.31. The van der Waals surface area contributed by atoms with Gasteiger partial charge in [-0.1, -0.05) is 0 Å². The lowest BCUT2D eigenvalue weighted by atomic mass is 10.1. The van der Waals surface area contributed by atoms with Crippen LogP contribution in [-0.2, 0) is 14.3 Å².